The lowest BCUT2D eigenvalue weighted by molar-refractivity contribution is 0.201. The van der Waals surface area contributed by atoms with Gasteiger partial charge in [-0.3, -0.25) is 4.90 Å². The predicted molar refractivity (Wildman–Crippen MR) is 70.2 cm³/mol. The zero-order chi connectivity index (χ0) is 12.3. The summed E-state index contributed by atoms with van der Waals surface area (Å²) in [6.07, 6.45) is 2.38. The Morgan fingerprint density at radius 2 is 2.29 bits per heavy atom. The van der Waals surface area contributed by atoms with Crippen molar-refractivity contribution >= 4 is 0 Å². The normalized spacial score (nSPS) is 21.5. The molecule has 94 valence electrons. The largest absolute Gasteiger partial charge is 0.497 e. The number of likely N-dealkylation sites (tertiary alicyclic amines) is 1. The van der Waals surface area contributed by atoms with Crippen LogP contribution in [0.3, 0.4) is 0 Å². The van der Waals surface area contributed by atoms with Gasteiger partial charge in [-0.1, -0.05) is 6.07 Å². The number of ether oxygens (including phenoxy) is 1. The molecule has 0 saturated carbocycles. The Labute approximate surface area is 104 Å². The minimum Gasteiger partial charge on any atom is -0.497 e. The lowest BCUT2D eigenvalue weighted by Crippen LogP contribution is -2.42. The zero-order valence-corrected chi connectivity index (χ0v) is 10.8. The van der Waals surface area contributed by atoms with Crippen molar-refractivity contribution < 1.29 is 4.74 Å². The van der Waals surface area contributed by atoms with Crippen LogP contribution in [0.15, 0.2) is 18.2 Å². The van der Waals surface area contributed by atoms with E-state index in [2.05, 4.69) is 24.0 Å². The molecular formula is C14H22N2O. The highest BCUT2D eigenvalue weighted by Crippen LogP contribution is 2.19. The molecule has 1 heterocycles. The van der Waals surface area contributed by atoms with Crippen LogP contribution in [0.1, 0.15) is 24.0 Å². The quantitative estimate of drug-likeness (QED) is 0.868. The van der Waals surface area contributed by atoms with E-state index in [4.69, 9.17) is 10.5 Å². The molecule has 1 unspecified atom stereocenters. The molecule has 2 rings (SSSR count). The molecule has 1 fully saturated rings. The van der Waals surface area contributed by atoms with Gasteiger partial charge in [-0.15, -0.1) is 0 Å². The van der Waals surface area contributed by atoms with Gasteiger partial charge in [0.05, 0.1) is 7.11 Å². The highest BCUT2D eigenvalue weighted by atomic mass is 16.5. The van der Waals surface area contributed by atoms with Crippen molar-refractivity contribution in [2.45, 2.75) is 32.4 Å². The number of piperidine rings is 1. The van der Waals surface area contributed by atoms with Crippen LogP contribution in [-0.4, -0.2) is 31.1 Å². The van der Waals surface area contributed by atoms with Gasteiger partial charge in [0.25, 0.3) is 0 Å². The van der Waals surface area contributed by atoms with Crippen molar-refractivity contribution in [3.8, 4) is 5.75 Å². The Bertz CT molecular complexity index is 378. The maximum atomic E-state index is 6.00. The molecule has 0 radical (unpaired) electrons. The van der Waals surface area contributed by atoms with Gasteiger partial charge in [0.2, 0.25) is 0 Å². The summed E-state index contributed by atoms with van der Waals surface area (Å²) in [6, 6.07) is 6.64. The van der Waals surface area contributed by atoms with Gasteiger partial charge in [0.1, 0.15) is 5.75 Å². The first kappa shape index (κ1) is 12.4. The Kier molecular flexibility index (Phi) is 4.02. The van der Waals surface area contributed by atoms with Gasteiger partial charge < -0.3 is 10.5 Å². The molecule has 0 spiro atoms. The molecule has 0 amide bonds. The van der Waals surface area contributed by atoms with Crippen molar-refractivity contribution in [3.05, 3.63) is 29.3 Å². The van der Waals surface area contributed by atoms with E-state index in [1.54, 1.807) is 7.11 Å². The van der Waals surface area contributed by atoms with E-state index in [-0.39, 0.29) is 0 Å². The molecule has 2 N–H and O–H groups in total. The molecule has 1 saturated heterocycles. The summed E-state index contributed by atoms with van der Waals surface area (Å²) in [6.45, 7) is 5.33. The third-order valence-electron chi connectivity index (χ3n) is 3.49. The Morgan fingerprint density at radius 3 is 2.94 bits per heavy atom. The Hall–Kier alpha value is -1.06. The van der Waals surface area contributed by atoms with Crippen molar-refractivity contribution in [3.63, 3.8) is 0 Å². The molecule has 3 nitrogen and oxygen atoms in total. The number of rotatable bonds is 3. The first-order chi connectivity index (χ1) is 8.19. The predicted octanol–water partition coefficient (Wildman–Crippen LogP) is 1.93. The summed E-state index contributed by atoms with van der Waals surface area (Å²) in [5.41, 5.74) is 8.67. The first-order valence-corrected chi connectivity index (χ1v) is 6.30. The molecule has 17 heavy (non-hydrogen) atoms. The van der Waals surface area contributed by atoms with Crippen molar-refractivity contribution in [1.82, 2.24) is 4.90 Å². The minimum atomic E-state index is 0.349. The summed E-state index contributed by atoms with van der Waals surface area (Å²) in [5, 5.41) is 0. The molecule has 1 atom stereocenters. The van der Waals surface area contributed by atoms with E-state index in [1.165, 1.54) is 24.1 Å². The van der Waals surface area contributed by atoms with Crippen LogP contribution in [-0.2, 0) is 6.54 Å². The number of aryl methyl sites for hydroxylation is 1. The van der Waals surface area contributed by atoms with Gasteiger partial charge >= 0.3 is 0 Å². The number of nitrogens with zero attached hydrogens (tertiary/aromatic N) is 1. The maximum absolute atomic E-state index is 6.00. The number of methoxy groups -OCH3 is 1. The lowest BCUT2D eigenvalue weighted by Gasteiger charge is -2.31. The summed E-state index contributed by atoms with van der Waals surface area (Å²) in [7, 11) is 1.71. The Morgan fingerprint density at radius 1 is 1.47 bits per heavy atom. The number of benzene rings is 1. The maximum Gasteiger partial charge on any atom is 0.119 e. The SMILES string of the molecule is COc1ccc(CN2CCCC(N)C2)c(C)c1. The summed E-state index contributed by atoms with van der Waals surface area (Å²) in [5.74, 6) is 0.932. The van der Waals surface area contributed by atoms with Gasteiger partial charge in [-0.25, -0.2) is 0 Å². The van der Waals surface area contributed by atoms with Crippen LogP contribution in [0.2, 0.25) is 0 Å². The molecule has 0 aromatic heterocycles. The Balaban J connectivity index is 2.02. The molecule has 1 aliphatic rings. The smallest absolute Gasteiger partial charge is 0.119 e. The van der Waals surface area contributed by atoms with E-state index in [0.29, 0.717) is 6.04 Å². The van der Waals surface area contributed by atoms with Crippen LogP contribution < -0.4 is 10.5 Å². The number of nitrogens with two attached hydrogens (primary N) is 1. The van der Waals surface area contributed by atoms with Crippen molar-refractivity contribution in [2.24, 2.45) is 5.73 Å². The van der Waals surface area contributed by atoms with E-state index in [0.717, 1.165) is 25.3 Å². The number of hydrogen-bond acceptors (Lipinski definition) is 3. The average Bonchev–Trinajstić information content (AvgIpc) is 2.32. The summed E-state index contributed by atoms with van der Waals surface area (Å²) >= 11 is 0. The molecule has 1 aromatic carbocycles. The standard InChI is InChI=1S/C14H22N2O/c1-11-8-14(17-2)6-5-12(11)9-16-7-3-4-13(15)10-16/h5-6,8,13H,3-4,7,9-10,15H2,1-2H3. The third kappa shape index (κ3) is 3.20. The van der Waals surface area contributed by atoms with Gasteiger partial charge in [-0.2, -0.15) is 0 Å². The molecule has 0 aliphatic carbocycles. The van der Waals surface area contributed by atoms with Crippen LogP contribution in [0, 0.1) is 6.92 Å². The molecule has 0 bridgehead atoms. The second-order valence-electron chi connectivity index (χ2n) is 4.93. The minimum absolute atomic E-state index is 0.349. The van der Waals surface area contributed by atoms with E-state index >= 15 is 0 Å². The van der Waals surface area contributed by atoms with Crippen LogP contribution in [0.25, 0.3) is 0 Å². The van der Waals surface area contributed by atoms with Gasteiger partial charge in [0, 0.05) is 19.1 Å². The van der Waals surface area contributed by atoms with E-state index < -0.39 is 0 Å². The summed E-state index contributed by atoms with van der Waals surface area (Å²) in [4.78, 5) is 2.45. The number of hydrogen-bond donors (Lipinski definition) is 1. The molecular weight excluding hydrogens is 212 g/mol. The van der Waals surface area contributed by atoms with E-state index in [1.807, 2.05) is 6.07 Å². The highest BCUT2D eigenvalue weighted by molar-refractivity contribution is 5.34. The van der Waals surface area contributed by atoms with Crippen molar-refractivity contribution in [2.75, 3.05) is 20.2 Å². The fraction of sp³-hybridized carbons (Fsp3) is 0.571. The fourth-order valence-electron chi connectivity index (χ4n) is 2.45. The monoisotopic (exact) mass is 234 g/mol. The molecule has 1 aliphatic heterocycles. The van der Waals surface area contributed by atoms with Gasteiger partial charge in [-0.05, 0) is 49.6 Å². The van der Waals surface area contributed by atoms with Gasteiger partial charge in [0.15, 0.2) is 0 Å². The summed E-state index contributed by atoms with van der Waals surface area (Å²) < 4.78 is 5.22. The molecule has 3 heteroatoms. The fourth-order valence-corrected chi connectivity index (χ4v) is 2.45. The first-order valence-electron chi connectivity index (χ1n) is 6.30. The lowest BCUT2D eigenvalue weighted by atomic mass is 10.0. The second kappa shape index (κ2) is 5.52. The highest BCUT2D eigenvalue weighted by Gasteiger charge is 2.17. The topological polar surface area (TPSA) is 38.5 Å². The van der Waals surface area contributed by atoms with Crippen LogP contribution in [0.5, 0.6) is 5.75 Å². The van der Waals surface area contributed by atoms with E-state index in [9.17, 15) is 0 Å². The average molecular weight is 234 g/mol. The zero-order valence-electron chi connectivity index (χ0n) is 10.8. The molecule has 1 aromatic rings. The van der Waals surface area contributed by atoms with Crippen LogP contribution in [0.4, 0.5) is 0 Å². The second-order valence-corrected chi connectivity index (χ2v) is 4.93. The van der Waals surface area contributed by atoms with Crippen molar-refractivity contribution in [1.29, 1.82) is 0 Å². The van der Waals surface area contributed by atoms with Crippen LogP contribution >= 0.6 is 0 Å². The third-order valence-corrected chi connectivity index (χ3v) is 3.49.